The normalized spacial score (nSPS) is 15.3. The molecule has 2 aromatic rings. The SMILES string of the molecule is CCCc1ccc(N2CCN(c3cccnc3)CC2)cc1. The van der Waals surface area contributed by atoms with Gasteiger partial charge in [-0.25, -0.2) is 0 Å². The maximum absolute atomic E-state index is 4.21. The molecule has 0 unspecified atom stereocenters. The van der Waals surface area contributed by atoms with Gasteiger partial charge in [0, 0.05) is 38.1 Å². The Kier molecular flexibility index (Phi) is 4.39. The van der Waals surface area contributed by atoms with Crippen LogP contribution in [0.1, 0.15) is 18.9 Å². The molecule has 21 heavy (non-hydrogen) atoms. The van der Waals surface area contributed by atoms with Crippen LogP contribution in [-0.4, -0.2) is 31.2 Å². The fraction of sp³-hybridized carbons (Fsp3) is 0.389. The fourth-order valence-electron chi connectivity index (χ4n) is 2.93. The van der Waals surface area contributed by atoms with Gasteiger partial charge in [0.25, 0.3) is 0 Å². The summed E-state index contributed by atoms with van der Waals surface area (Å²) in [5.74, 6) is 0. The minimum absolute atomic E-state index is 1.06. The van der Waals surface area contributed by atoms with E-state index in [1.807, 2.05) is 18.5 Å². The van der Waals surface area contributed by atoms with Gasteiger partial charge in [-0.05, 0) is 36.2 Å². The van der Waals surface area contributed by atoms with E-state index in [9.17, 15) is 0 Å². The molecule has 1 fully saturated rings. The predicted octanol–water partition coefficient (Wildman–Crippen LogP) is 3.36. The van der Waals surface area contributed by atoms with Crippen LogP contribution in [0.2, 0.25) is 0 Å². The van der Waals surface area contributed by atoms with E-state index in [0.717, 1.165) is 26.2 Å². The van der Waals surface area contributed by atoms with Crippen molar-refractivity contribution in [3.8, 4) is 0 Å². The number of anilines is 2. The van der Waals surface area contributed by atoms with Gasteiger partial charge in [0.15, 0.2) is 0 Å². The van der Waals surface area contributed by atoms with Gasteiger partial charge in [0.2, 0.25) is 0 Å². The van der Waals surface area contributed by atoms with Crippen molar-refractivity contribution in [1.29, 1.82) is 0 Å². The van der Waals surface area contributed by atoms with E-state index in [4.69, 9.17) is 0 Å². The largest absolute Gasteiger partial charge is 0.368 e. The Hall–Kier alpha value is -2.03. The topological polar surface area (TPSA) is 19.4 Å². The predicted molar refractivity (Wildman–Crippen MR) is 89.1 cm³/mol. The zero-order valence-electron chi connectivity index (χ0n) is 12.7. The van der Waals surface area contributed by atoms with E-state index in [-0.39, 0.29) is 0 Å². The third-order valence-corrected chi connectivity index (χ3v) is 4.13. The van der Waals surface area contributed by atoms with Crippen molar-refractivity contribution in [1.82, 2.24) is 4.98 Å². The highest BCUT2D eigenvalue weighted by molar-refractivity contribution is 5.51. The highest BCUT2D eigenvalue weighted by atomic mass is 15.3. The molecule has 0 spiro atoms. The molecule has 1 saturated heterocycles. The molecular weight excluding hydrogens is 258 g/mol. The Morgan fingerprint density at radius 1 is 0.905 bits per heavy atom. The Labute approximate surface area is 127 Å². The number of aryl methyl sites for hydroxylation is 1. The van der Waals surface area contributed by atoms with E-state index < -0.39 is 0 Å². The first-order valence-electron chi connectivity index (χ1n) is 7.85. The lowest BCUT2D eigenvalue weighted by Gasteiger charge is -2.37. The summed E-state index contributed by atoms with van der Waals surface area (Å²) in [4.78, 5) is 9.10. The van der Waals surface area contributed by atoms with E-state index in [1.54, 1.807) is 0 Å². The number of pyridine rings is 1. The first-order chi connectivity index (χ1) is 10.4. The summed E-state index contributed by atoms with van der Waals surface area (Å²) in [7, 11) is 0. The highest BCUT2D eigenvalue weighted by Crippen LogP contribution is 2.20. The van der Waals surface area contributed by atoms with Crippen LogP contribution < -0.4 is 9.80 Å². The smallest absolute Gasteiger partial charge is 0.0553 e. The number of rotatable bonds is 4. The molecule has 3 rings (SSSR count). The van der Waals surface area contributed by atoms with Crippen LogP contribution >= 0.6 is 0 Å². The zero-order valence-corrected chi connectivity index (χ0v) is 12.7. The first kappa shape index (κ1) is 13.9. The number of hydrogen-bond acceptors (Lipinski definition) is 3. The maximum Gasteiger partial charge on any atom is 0.0553 e. The summed E-state index contributed by atoms with van der Waals surface area (Å²) < 4.78 is 0. The summed E-state index contributed by atoms with van der Waals surface area (Å²) in [6.45, 7) is 6.49. The fourth-order valence-corrected chi connectivity index (χ4v) is 2.93. The number of piperazine rings is 1. The molecule has 3 nitrogen and oxygen atoms in total. The maximum atomic E-state index is 4.21. The molecule has 2 heterocycles. The van der Waals surface area contributed by atoms with Crippen molar-refractivity contribution in [2.75, 3.05) is 36.0 Å². The van der Waals surface area contributed by atoms with Crippen LogP contribution in [-0.2, 0) is 6.42 Å². The average Bonchev–Trinajstić information content (AvgIpc) is 2.57. The van der Waals surface area contributed by atoms with Gasteiger partial charge in [-0.15, -0.1) is 0 Å². The van der Waals surface area contributed by atoms with Gasteiger partial charge in [0.05, 0.1) is 11.9 Å². The second-order valence-electron chi connectivity index (χ2n) is 5.60. The molecule has 0 atom stereocenters. The summed E-state index contributed by atoms with van der Waals surface area (Å²) in [6, 6.07) is 13.2. The standard InChI is InChI=1S/C18H23N3/c1-2-4-16-6-8-17(9-7-16)20-11-13-21(14-12-20)18-5-3-10-19-15-18/h3,5-10,15H,2,4,11-14H2,1H3. The number of aromatic nitrogens is 1. The third kappa shape index (κ3) is 3.35. The van der Waals surface area contributed by atoms with Gasteiger partial charge in [-0.1, -0.05) is 25.5 Å². The molecule has 1 aliphatic rings. The van der Waals surface area contributed by atoms with Crippen LogP contribution in [0, 0.1) is 0 Å². The second-order valence-corrected chi connectivity index (χ2v) is 5.60. The molecule has 0 saturated carbocycles. The number of hydrogen-bond donors (Lipinski definition) is 0. The van der Waals surface area contributed by atoms with Crippen LogP contribution in [0.15, 0.2) is 48.8 Å². The molecule has 1 aliphatic heterocycles. The van der Waals surface area contributed by atoms with Crippen LogP contribution in [0.5, 0.6) is 0 Å². The van der Waals surface area contributed by atoms with E-state index >= 15 is 0 Å². The van der Waals surface area contributed by atoms with Gasteiger partial charge in [-0.3, -0.25) is 4.98 Å². The van der Waals surface area contributed by atoms with Crippen molar-refractivity contribution in [2.24, 2.45) is 0 Å². The molecule has 3 heteroatoms. The third-order valence-electron chi connectivity index (χ3n) is 4.13. The summed E-state index contributed by atoms with van der Waals surface area (Å²) in [5, 5.41) is 0. The monoisotopic (exact) mass is 281 g/mol. The highest BCUT2D eigenvalue weighted by Gasteiger charge is 2.17. The molecule has 0 amide bonds. The quantitative estimate of drug-likeness (QED) is 0.856. The van der Waals surface area contributed by atoms with Gasteiger partial charge < -0.3 is 9.80 Å². The van der Waals surface area contributed by atoms with Crippen LogP contribution in [0.3, 0.4) is 0 Å². The lowest BCUT2D eigenvalue weighted by molar-refractivity contribution is 0.652. The summed E-state index contributed by atoms with van der Waals surface area (Å²) >= 11 is 0. The first-order valence-corrected chi connectivity index (χ1v) is 7.85. The molecule has 0 N–H and O–H groups in total. The average molecular weight is 281 g/mol. The Bertz CT molecular complexity index is 542. The second kappa shape index (κ2) is 6.61. The minimum atomic E-state index is 1.06. The Balaban J connectivity index is 1.60. The summed E-state index contributed by atoms with van der Waals surface area (Å²) in [5.41, 5.74) is 4.02. The molecular formula is C18H23N3. The molecule has 0 aliphatic carbocycles. The minimum Gasteiger partial charge on any atom is -0.368 e. The van der Waals surface area contributed by atoms with Crippen molar-refractivity contribution in [2.45, 2.75) is 19.8 Å². The van der Waals surface area contributed by atoms with Crippen molar-refractivity contribution >= 4 is 11.4 Å². The Morgan fingerprint density at radius 2 is 1.57 bits per heavy atom. The van der Waals surface area contributed by atoms with Gasteiger partial charge in [-0.2, -0.15) is 0 Å². The van der Waals surface area contributed by atoms with E-state index in [0.29, 0.717) is 0 Å². The van der Waals surface area contributed by atoms with Crippen LogP contribution in [0.4, 0.5) is 11.4 Å². The lowest BCUT2D eigenvalue weighted by atomic mass is 10.1. The van der Waals surface area contributed by atoms with Gasteiger partial charge in [0.1, 0.15) is 0 Å². The van der Waals surface area contributed by atoms with Gasteiger partial charge >= 0.3 is 0 Å². The van der Waals surface area contributed by atoms with Crippen LogP contribution in [0.25, 0.3) is 0 Å². The Morgan fingerprint density at radius 3 is 2.14 bits per heavy atom. The van der Waals surface area contributed by atoms with Crippen molar-refractivity contribution < 1.29 is 0 Å². The van der Waals surface area contributed by atoms with E-state index in [2.05, 4.69) is 52.0 Å². The zero-order chi connectivity index (χ0) is 14.5. The molecule has 1 aromatic carbocycles. The van der Waals surface area contributed by atoms with Crippen molar-refractivity contribution in [3.63, 3.8) is 0 Å². The number of benzene rings is 1. The lowest BCUT2D eigenvalue weighted by Crippen LogP contribution is -2.46. The molecule has 0 radical (unpaired) electrons. The summed E-state index contributed by atoms with van der Waals surface area (Å²) in [6.07, 6.45) is 6.17. The molecule has 0 bridgehead atoms. The van der Waals surface area contributed by atoms with E-state index in [1.165, 1.54) is 29.8 Å². The number of nitrogens with zero attached hydrogens (tertiary/aromatic N) is 3. The van der Waals surface area contributed by atoms with Crippen molar-refractivity contribution in [3.05, 3.63) is 54.4 Å². The molecule has 1 aromatic heterocycles. The molecule has 110 valence electrons.